The number of rotatable bonds is 8. The Morgan fingerprint density at radius 1 is 1.06 bits per heavy atom. The number of carbonyl (C=O) groups is 1. The minimum atomic E-state index is -0.447. The molecule has 5 nitrogen and oxygen atoms in total. The molecule has 0 saturated heterocycles. The monoisotopic (exact) mass is 495 g/mol. The molecular weight excluding hydrogens is 470 g/mol. The van der Waals surface area contributed by atoms with Gasteiger partial charge in [0.05, 0.1) is 5.56 Å². The Kier molecular flexibility index (Phi) is 7.93. The Bertz CT molecular complexity index is 1530. The van der Waals surface area contributed by atoms with Gasteiger partial charge < -0.3 is 10.7 Å². The van der Waals surface area contributed by atoms with Crippen LogP contribution >= 0.6 is 11.6 Å². The number of hydrogen-bond donors (Lipinski definition) is 2. The third-order valence-electron chi connectivity index (χ3n) is 5.72. The summed E-state index contributed by atoms with van der Waals surface area (Å²) in [5.41, 5.74) is 9.90. The summed E-state index contributed by atoms with van der Waals surface area (Å²) in [4.78, 5) is 33.6. The maximum atomic E-state index is 13.3. The fourth-order valence-electron chi connectivity index (χ4n) is 3.95. The molecule has 0 fully saturated rings. The van der Waals surface area contributed by atoms with E-state index in [-0.39, 0.29) is 5.56 Å². The number of H-pyrrole nitrogens is 1. The van der Waals surface area contributed by atoms with E-state index in [0.29, 0.717) is 21.5 Å². The highest BCUT2D eigenvalue weighted by molar-refractivity contribution is 6.31. The zero-order chi connectivity index (χ0) is 25.5. The first-order valence-corrected chi connectivity index (χ1v) is 12.0. The highest BCUT2D eigenvalue weighted by Crippen LogP contribution is 2.31. The second kappa shape index (κ2) is 11.5. The van der Waals surface area contributed by atoms with E-state index in [4.69, 9.17) is 17.3 Å². The van der Waals surface area contributed by atoms with E-state index in [2.05, 4.69) is 16.9 Å². The molecule has 4 rings (SSSR count). The molecule has 0 aliphatic carbocycles. The van der Waals surface area contributed by atoms with Crippen LogP contribution in [0.15, 0.2) is 94.9 Å². The van der Waals surface area contributed by atoms with Gasteiger partial charge in [0.15, 0.2) is 5.78 Å². The molecule has 36 heavy (non-hydrogen) atoms. The van der Waals surface area contributed by atoms with Gasteiger partial charge in [-0.25, -0.2) is 0 Å². The fraction of sp³-hybridized carbons (Fsp3) is 0.100. The molecule has 180 valence electrons. The number of nitrogens with zero attached hydrogens (tertiary/aromatic N) is 1. The zero-order valence-corrected chi connectivity index (χ0v) is 20.6. The Balaban J connectivity index is 1.70. The van der Waals surface area contributed by atoms with E-state index in [0.717, 1.165) is 35.2 Å². The van der Waals surface area contributed by atoms with Gasteiger partial charge >= 0.3 is 0 Å². The topological polar surface area (TPSA) is 88.3 Å². The standard InChI is InChI=1S/C30H26ClN3O2/c1-2-16-33-19-23(18-32)21-11-8-20(9-12-21)10-15-27(35)29-28(22-6-4-3-5-7-22)25-17-24(31)13-14-26(25)34-30(29)36/h3-15,17-19H,2,16,32H2,1H3,(H,34,36)/b15-10+,23-18+,33-19?. The van der Waals surface area contributed by atoms with Crippen molar-refractivity contribution in [2.75, 3.05) is 6.54 Å². The van der Waals surface area contributed by atoms with Crippen LogP contribution in [-0.4, -0.2) is 23.5 Å². The molecule has 0 atom stereocenters. The predicted octanol–water partition coefficient (Wildman–Crippen LogP) is 6.53. The van der Waals surface area contributed by atoms with Crippen LogP contribution in [-0.2, 0) is 0 Å². The summed E-state index contributed by atoms with van der Waals surface area (Å²) >= 11 is 6.26. The summed E-state index contributed by atoms with van der Waals surface area (Å²) in [6.45, 7) is 2.81. The third kappa shape index (κ3) is 5.53. The average Bonchev–Trinajstić information content (AvgIpc) is 2.90. The number of halogens is 1. The number of aromatic nitrogens is 1. The number of aromatic amines is 1. The van der Waals surface area contributed by atoms with Gasteiger partial charge in [-0.2, -0.15) is 0 Å². The third-order valence-corrected chi connectivity index (χ3v) is 5.95. The van der Waals surface area contributed by atoms with E-state index in [1.54, 1.807) is 30.5 Å². The van der Waals surface area contributed by atoms with Crippen molar-refractivity contribution >= 4 is 46.2 Å². The van der Waals surface area contributed by atoms with Crippen LogP contribution in [0.2, 0.25) is 5.02 Å². The molecule has 0 saturated carbocycles. The minimum Gasteiger partial charge on any atom is -0.404 e. The fourth-order valence-corrected chi connectivity index (χ4v) is 4.12. The molecular formula is C30H26ClN3O2. The van der Waals surface area contributed by atoms with Crippen LogP contribution in [0.5, 0.6) is 0 Å². The number of fused-ring (bicyclic) bond motifs is 1. The smallest absolute Gasteiger partial charge is 0.260 e. The number of allylic oxidation sites excluding steroid dienone is 2. The Labute approximate surface area is 214 Å². The Morgan fingerprint density at radius 3 is 2.50 bits per heavy atom. The molecule has 0 aliphatic heterocycles. The van der Waals surface area contributed by atoms with E-state index in [9.17, 15) is 9.59 Å². The molecule has 1 aromatic heterocycles. The summed E-state index contributed by atoms with van der Waals surface area (Å²) in [7, 11) is 0. The van der Waals surface area contributed by atoms with E-state index in [1.165, 1.54) is 12.3 Å². The molecule has 0 radical (unpaired) electrons. The lowest BCUT2D eigenvalue weighted by molar-refractivity contribution is 0.104. The van der Waals surface area contributed by atoms with Crippen LogP contribution in [0.4, 0.5) is 0 Å². The van der Waals surface area contributed by atoms with Crippen LogP contribution in [0.1, 0.15) is 34.8 Å². The second-order valence-electron chi connectivity index (χ2n) is 8.24. The minimum absolute atomic E-state index is 0.0734. The number of nitrogens with one attached hydrogen (secondary N) is 1. The number of ketones is 1. The van der Waals surface area contributed by atoms with Crippen molar-refractivity contribution in [3.8, 4) is 11.1 Å². The average molecular weight is 496 g/mol. The molecule has 4 aromatic rings. The lowest BCUT2D eigenvalue weighted by atomic mass is 9.94. The van der Waals surface area contributed by atoms with Gasteiger partial charge in [-0.3, -0.25) is 14.6 Å². The van der Waals surface area contributed by atoms with Crippen LogP contribution < -0.4 is 11.3 Å². The lowest BCUT2D eigenvalue weighted by Gasteiger charge is -2.11. The number of pyridine rings is 1. The predicted molar refractivity (Wildman–Crippen MR) is 151 cm³/mol. The summed E-state index contributed by atoms with van der Waals surface area (Å²) < 4.78 is 0. The maximum absolute atomic E-state index is 13.3. The van der Waals surface area contributed by atoms with Gasteiger partial charge in [0, 0.05) is 46.0 Å². The molecule has 1 heterocycles. The largest absolute Gasteiger partial charge is 0.404 e. The SMILES string of the molecule is CCCN=C/C(=C\N)c1ccc(/C=C/C(=O)c2c(-c3ccccc3)c3cc(Cl)ccc3[nH]c2=O)cc1. The number of benzene rings is 3. The molecule has 0 aliphatic rings. The zero-order valence-electron chi connectivity index (χ0n) is 19.9. The summed E-state index contributed by atoms with van der Waals surface area (Å²) in [5.74, 6) is -0.393. The number of nitrogens with two attached hydrogens (primary N) is 1. The maximum Gasteiger partial charge on any atom is 0.260 e. The number of hydrogen-bond acceptors (Lipinski definition) is 4. The van der Waals surface area contributed by atoms with Crippen molar-refractivity contribution in [3.05, 3.63) is 117 Å². The first-order valence-electron chi connectivity index (χ1n) is 11.7. The summed E-state index contributed by atoms with van der Waals surface area (Å²) in [5, 5.41) is 1.23. The van der Waals surface area contributed by atoms with Crippen molar-refractivity contribution in [1.82, 2.24) is 4.98 Å². The molecule has 3 aromatic carbocycles. The van der Waals surface area contributed by atoms with Crippen molar-refractivity contribution in [2.45, 2.75) is 13.3 Å². The van der Waals surface area contributed by atoms with Crippen LogP contribution in [0.3, 0.4) is 0 Å². The van der Waals surface area contributed by atoms with Gasteiger partial charge in [-0.05, 0) is 47.4 Å². The normalized spacial score (nSPS) is 12.1. The van der Waals surface area contributed by atoms with Gasteiger partial charge in [-0.15, -0.1) is 0 Å². The van der Waals surface area contributed by atoms with Gasteiger partial charge in [0.1, 0.15) is 0 Å². The molecule has 0 bridgehead atoms. The van der Waals surface area contributed by atoms with Crippen LogP contribution in [0, 0.1) is 0 Å². The van der Waals surface area contributed by atoms with Gasteiger partial charge in [-0.1, -0.05) is 79.2 Å². The summed E-state index contributed by atoms with van der Waals surface area (Å²) in [6, 6.07) is 22.2. The molecule has 3 N–H and O–H groups in total. The summed E-state index contributed by atoms with van der Waals surface area (Å²) in [6.07, 6.45) is 7.37. The number of aliphatic imine (C=N–C) groups is 1. The first kappa shape index (κ1) is 24.9. The van der Waals surface area contributed by atoms with Gasteiger partial charge in [0.25, 0.3) is 5.56 Å². The van der Waals surface area contributed by atoms with Crippen molar-refractivity contribution in [1.29, 1.82) is 0 Å². The molecule has 0 unspecified atom stereocenters. The van der Waals surface area contributed by atoms with E-state index in [1.807, 2.05) is 54.6 Å². The molecule has 6 heteroatoms. The van der Waals surface area contributed by atoms with Crippen molar-refractivity contribution in [3.63, 3.8) is 0 Å². The van der Waals surface area contributed by atoms with E-state index >= 15 is 0 Å². The lowest BCUT2D eigenvalue weighted by Crippen LogP contribution is -2.18. The van der Waals surface area contributed by atoms with Crippen LogP contribution in [0.25, 0.3) is 33.7 Å². The first-order chi connectivity index (χ1) is 17.5. The Hall–Kier alpha value is -4.22. The highest BCUT2D eigenvalue weighted by atomic mass is 35.5. The molecule has 0 spiro atoms. The van der Waals surface area contributed by atoms with Crippen molar-refractivity contribution < 1.29 is 4.79 Å². The quantitative estimate of drug-likeness (QED) is 0.165. The highest BCUT2D eigenvalue weighted by Gasteiger charge is 2.19. The Morgan fingerprint density at radius 2 is 1.81 bits per heavy atom. The second-order valence-corrected chi connectivity index (χ2v) is 8.67. The van der Waals surface area contributed by atoms with Crippen molar-refractivity contribution in [2.24, 2.45) is 10.7 Å². The molecule has 0 amide bonds. The van der Waals surface area contributed by atoms with E-state index < -0.39 is 11.3 Å². The number of carbonyl (C=O) groups excluding carboxylic acids is 1. The van der Waals surface area contributed by atoms with Gasteiger partial charge in [0.2, 0.25) is 0 Å².